The van der Waals surface area contributed by atoms with Crippen molar-refractivity contribution in [3.8, 4) is 0 Å². The zero-order chi connectivity index (χ0) is 25.6. The molecule has 0 aromatic carbocycles. The maximum Gasteiger partial charge on any atom is 0.375 e. The fourth-order valence-electron chi connectivity index (χ4n) is 7.83. The Labute approximate surface area is 200 Å². The van der Waals surface area contributed by atoms with Gasteiger partial charge in [-0.3, -0.25) is 4.79 Å². The highest BCUT2D eigenvalue weighted by molar-refractivity contribution is 6.01. The van der Waals surface area contributed by atoms with Gasteiger partial charge in [-0.25, -0.2) is 18.4 Å². The third-order valence-corrected chi connectivity index (χ3v) is 9.46. The van der Waals surface area contributed by atoms with Crippen LogP contribution < -0.4 is 0 Å². The summed E-state index contributed by atoms with van der Waals surface area (Å²) in [6.07, 6.45) is 1.05. The largest absolute Gasteiger partial charge is 0.478 e. The van der Waals surface area contributed by atoms with Crippen LogP contribution in [-0.4, -0.2) is 51.5 Å². The number of fused-ring (bicyclic) bond motifs is 5. The topological polar surface area (TPSA) is 114 Å². The molecule has 7 nitrogen and oxygen atoms in total. The Kier molecular flexibility index (Phi) is 5.02. The van der Waals surface area contributed by atoms with Gasteiger partial charge in [0.25, 0.3) is 0 Å². The van der Waals surface area contributed by atoms with E-state index >= 15 is 8.78 Å². The molecule has 3 saturated carbocycles. The molecule has 0 radical (unpaired) electrons. The molecule has 0 saturated heterocycles. The Morgan fingerprint density at radius 1 is 1.23 bits per heavy atom. The molecule has 1 aromatic rings. The highest BCUT2D eigenvalue weighted by atomic mass is 19.1. The minimum absolute atomic E-state index is 0.00815. The molecule has 9 heteroatoms. The van der Waals surface area contributed by atoms with Gasteiger partial charge < -0.3 is 19.4 Å². The molecule has 1 aromatic heterocycles. The fraction of sp³-hybridized carbons (Fsp3) is 0.577. The van der Waals surface area contributed by atoms with Crippen LogP contribution in [0.5, 0.6) is 0 Å². The number of aliphatic carboxylic acids is 1. The van der Waals surface area contributed by atoms with Gasteiger partial charge in [0.1, 0.15) is 6.17 Å². The van der Waals surface area contributed by atoms with E-state index in [2.05, 4.69) is 0 Å². The first-order valence-corrected chi connectivity index (χ1v) is 11.8. The van der Waals surface area contributed by atoms with Crippen LogP contribution in [0.3, 0.4) is 0 Å². The normalized spacial score (nSPS) is 46.3. The first-order chi connectivity index (χ1) is 16.3. The number of carbonyl (C=O) groups is 3. The molecule has 4 aliphatic rings. The average molecular weight is 490 g/mol. The number of carboxylic acid groups (broad SMARTS) is 1. The van der Waals surface area contributed by atoms with Gasteiger partial charge in [0.15, 0.2) is 11.5 Å². The summed E-state index contributed by atoms with van der Waals surface area (Å²) >= 11 is 0. The first-order valence-electron chi connectivity index (χ1n) is 11.8. The van der Waals surface area contributed by atoms with Gasteiger partial charge in [0, 0.05) is 22.7 Å². The second-order valence-corrected chi connectivity index (χ2v) is 10.9. The van der Waals surface area contributed by atoms with Crippen LogP contribution in [0.2, 0.25) is 0 Å². The zero-order valence-corrected chi connectivity index (χ0v) is 19.7. The number of rotatable bonds is 3. The summed E-state index contributed by atoms with van der Waals surface area (Å²) in [5.74, 6) is -5.55. The summed E-state index contributed by atoms with van der Waals surface area (Å²) in [5, 5.41) is 21.8. The van der Waals surface area contributed by atoms with E-state index in [1.807, 2.05) is 0 Å². The van der Waals surface area contributed by atoms with Crippen molar-refractivity contribution in [2.24, 2.45) is 28.6 Å². The minimum Gasteiger partial charge on any atom is -0.478 e. The summed E-state index contributed by atoms with van der Waals surface area (Å²) < 4.78 is 43.5. The van der Waals surface area contributed by atoms with E-state index in [0.717, 1.165) is 6.08 Å². The van der Waals surface area contributed by atoms with Crippen LogP contribution in [0, 0.1) is 28.6 Å². The van der Waals surface area contributed by atoms with Crippen molar-refractivity contribution in [2.75, 3.05) is 0 Å². The Balaban J connectivity index is 1.62. The summed E-state index contributed by atoms with van der Waals surface area (Å²) in [4.78, 5) is 37.6. The van der Waals surface area contributed by atoms with Crippen molar-refractivity contribution in [1.82, 2.24) is 0 Å². The van der Waals surface area contributed by atoms with Gasteiger partial charge >= 0.3 is 11.9 Å². The predicted octanol–water partition coefficient (Wildman–Crippen LogP) is 3.82. The maximum absolute atomic E-state index is 17.2. The van der Waals surface area contributed by atoms with Crippen molar-refractivity contribution >= 4 is 17.7 Å². The molecule has 0 spiro atoms. The van der Waals surface area contributed by atoms with Crippen molar-refractivity contribution in [3.63, 3.8) is 0 Å². The molecule has 9 atom stereocenters. The molecule has 5 rings (SSSR count). The summed E-state index contributed by atoms with van der Waals surface area (Å²) in [6.45, 7) is 4.67. The van der Waals surface area contributed by atoms with Crippen molar-refractivity contribution in [1.29, 1.82) is 0 Å². The monoisotopic (exact) mass is 490 g/mol. The fourth-order valence-corrected chi connectivity index (χ4v) is 7.83. The second-order valence-electron chi connectivity index (χ2n) is 10.9. The van der Waals surface area contributed by atoms with Crippen LogP contribution in [0.15, 0.2) is 46.6 Å². The van der Waals surface area contributed by atoms with Gasteiger partial charge in [-0.1, -0.05) is 19.9 Å². The third kappa shape index (κ3) is 2.76. The summed E-state index contributed by atoms with van der Waals surface area (Å²) in [7, 11) is 0. The van der Waals surface area contributed by atoms with Crippen LogP contribution in [0.1, 0.15) is 50.6 Å². The average Bonchev–Trinajstić information content (AvgIpc) is 3.39. The standard InChI is InChI=1S/C26H28F2O7/c1-13-9-15-16-11-18(27)17-10-14(29)6-7-23(17,2)25(16,28)20(30)12-24(15,3)26(13,22(32)33)35-21(31)19-5-4-8-34-19/h4-8,10,13,15-16,18,20,30H,9,11-12H2,1-3H3,(H,32,33)/t13-,15+,16?,18+,20?,23?,24+,25?,26+/m1/s1. The first kappa shape index (κ1) is 23.9. The smallest absolute Gasteiger partial charge is 0.375 e. The van der Waals surface area contributed by atoms with Crippen LogP contribution in [0.4, 0.5) is 8.78 Å². The number of alkyl halides is 2. The van der Waals surface area contributed by atoms with Crippen molar-refractivity contribution in [2.45, 2.75) is 63.6 Å². The Morgan fingerprint density at radius 3 is 2.57 bits per heavy atom. The number of aliphatic hydroxyl groups is 1. The van der Waals surface area contributed by atoms with Gasteiger partial charge in [0.05, 0.1) is 12.4 Å². The van der Waals surface area contributed by atoms with Gasteiger partial charge in [-0.2, -0.15) is 0 Å². The van der Waals surface area contributed by atoms with Crippen LogP contribution >= 0.6 is 0 Å². The van der Waals surface area contributed by atoms with E-state index < -0.39 is 69.9 Å². The number of esters is 1. The molecular formula is C26H28F2O7. The van der Waals surface area contributed by atoms with Gasteiger partial charge in [0.2, 0.25) is 11.4 Å². The Hall–Kier alpha value is -2.81. The molecular weight excluding hydrogens is 462 g/mol. The molecule has 3 fully saturated rings. The van der Waals surface area contributed by atoms with Gasteiger partial charge in [-0.15, -0.1) is 0 Å². The Morgan fingerprint density at radius 2 is 1.94 bits per heavy atom. The van der Waals surface area contributed by atoms with Crippen LogP contribution in [0.25, 0.3) is 0 Å². The lowest BCUT2D eigenvalue weighted by Gasteiger charge is -2.62. The molecule has 2 N–H and O–H groups in total. The molecule has 0 amide bonds. The van der Waals surface area contributed by atoms with E-state index in [1.165, 1.54) is 37.5 Å². The number of aliphatic hydroxyl groups excluding tert-OH is 1. The van der Waals surface area contributed by atoms with E-state index in [-0.39, 0.29) is 30.6 Å². The number of furan rings is 1. The molecule has 4 aliphatic carbocycles. The number of carbonyl (C=O) groups excluding carboxylic acids is 2. The zero-order valence-electron chi connectivity index (χ0n) is 19.7. The van der Waals surface area contributed by atoms with E-state index in [1.54, 1.807) is 13.8 Å². The lowest BCUT2D eigenvalue weighted by molar-refractivity contribution is -0.229. The lowest BCUT2D eigenvalue weighted by Crippen LogP contribution is -2.71. The SMILES string of the molecule is C[C@@H]1C[C@H]2C3C[C@H](F)C4=CC(=O)C=CC4(C)C3(F)C(O)C[C@]2(C)[C@@]1(OC(=O)c1ccco1)C(=O)O. The second kappa shape index (κ2) is 7.35. The van der Waals surface area contributed by atoms with E-state index in [9.17, 15) is 24.6 Å². The number of ether oxygens (including phenoxy) is 1. The number of hydrogen-bond acceptors (Lipinski definition) is 6. The van der Waals surface area contributed by atoms with Crippen molar-refractivity contribution in [3.05, 3.63) is 48.0 Å². The highest BCUT2D eigenvalue weighted by Gasteiger charge is 2.78. The number of allylic oxidation sites excluding steroid dienone is 4. The summed E-state index contributed by atoms with van der Waals surface area (Å²) in [6, 6.07) is 2.81. The molecule has 1 heterocycles. The highest BCUT2D eigenvalue weighted by Crippen LogP contribution is 2.71. The third-order valence-electron chi connectivity index (χ3n) is 9.46. The molecule has 35 heavy (non-hydrogen) atoms. The number of carboxylic acids is 1. The Bertz CT molecular complexity index is 1160. The van der Waals surface area contributed by atoms with E-state index in [4.69, 9.17) is 9.15 Å². The lowest BCUT2D eigenvalue weighted by atomic mass is 9.44. The minimum atomic E-state index is -2.35. The predicted molar refractivity (Wildman–Crippen MR) is 118 cm³/mol. The molecule has 0 bridgehead atoms. The number of ketones is 1. The molecule has 188 valence electrons. The number of halogens is 2. The quantitative estimate of drug-likeness (QED) is 0.619. The maximum atomic E-state index is 17.2. The van der Waals surface area contributed by atoms with Gasteiger partial charge in [-0.05, 0) is 62.0 Å². The molecule has 4 unspecified atom stereocenters. The number of hydrogen-bond donors (Lipinski definition) is 2. The van der Waals surface area contributed by atoms with Crippen LogP contribution in [-0.2, 0) is 14.3 Å². The van der Waals surface area contributed by atoms with E-state index in [0.29, 0.717) is 0 Å². The molecule has 0 aliphatic heterocycles. The summed E-state index contributed by atoms with van der Waals surface area (Å²) in [5.41, 5.74) is -7.42. The van der Waals surface area contributed by atoms with Crippen molar-refractivity contribution < 1.29 is 42.5 Å².